The molecule has 1 spiro atoms. The molecule has 0 radical (unpaired) electrons. The third-order valence-corrected chi connectivity index (χ3v) is 8.77. The number of anilines is 2. The van der Waals surface area contributed by atoms with Gasteiger partial charge in [0.05, 0.1) is 38.2 Å². The predicted molar refractivity (Wildman–Crippen MR) is 150 cm³/mol. The van der Waals surface area contributed by atoms with Gasteiger partial charge in [-0.25, -0.2) is 18.7 Å². The van der Waals surface area contributed by atoms with E-state index in [1.807, 2.05) is 11.8 Å². The molecule has 2 amide bonds. The van der Waals surface area contributed by atoms with Gasteiger partial charge < -0.3 is 39.6 Å². The van der Waals surface area contributed by atoms with Crippen molar-refractivity contribution in [3.8, 4) is 5.75 Å². The number of carbonyl (C=O) groups is 2. The van der Waals surface area contributed by atoms with Crippen LogP contribution in [0.4, 0.5) is 20.7 Å². The average Bonchev–Trinajstić information content (AvgIpc) is 3.61. The Kier molecular flexibility index (Phi) is 7.83. The van der Waals surface area contributed by atoms with E-state index in [1.165, 1.54) is 30.1 Å². The highest BCUT2D eigenvalue weighted by Gasteiger charge is 2.67. The molecule has 3 aromatic rings. The Hall–Kier alpha value is -3.66. The zero-order valence-electron chi connectivity index (χ0n) is 23.1. The van der Waals surface area contributed by atoms with Crippen molar-refractivity contribution < 1.29 is 37.7 Å². The zero-order valence-corrected chi connectivity index (χ0v) is 23.9. The van der Waals surface area contributed by atoms with Crippen LogP contribution in [0.1, 0.15) is 15.9 Å². The SMILES string of the molecule is COC(=O)N1CCSCC1.Cc1c(C(N)=O)cn2ncnc(Nc3ccc(F)cc3OC3CO[C@]45COC4CO[C@H]35)c12. The van der Waals surface area contributed by atoms with Crippen LogP contribution in [0.2, 0.25) is 0 Å². The van der Waals surface area contributed by atoms with Gasteiger partial charge in [0.2, 0.25) is 0 Å². The van der Waals surface area contributed by atoms with E-state index in [4.69, 9.17) is 24.7 Å². The number of aryl methyl sites for hydroxylation is 1. The molecule has 0 bridgehead atoms. The molecule has 4 aliphatic rings. The lowest BCUT2D eigenvalue weighted by Gasteiger charge is -2.41. The van der Waals surface area contributed by atoms with Crippen molar-refractivity contribution in [2.75, 3.05) is 56.8 Å². The minimum Gasteiger partial charge on any atom is -0.483 e. The van der Waals surface area contributed by atoms with Gasteiger partial charge in [-0.3, -0.25) is 4.79 Å². The number of nitrogens with one attached hydrogen (secondary N) is 1. The fraction of sp³-hybridized carbons (Fsp3) is 0.481. The van der Waals surface area contributed by atoms with Gasteiger partial charge >= 0.3 is 6.09 Å². The number of halogens is 1. The van der Waals surface area contributed by atoms with E-state index in [2.05, 4.69) is 20.1 Å². The topological polar surface area (TPSA) is 152 Å². The summed E-state index contributed by atoms with van der Waals surface area (Å²) >= 11 is 1.88. The van der Waals surface area contributed by atoms with E-state index in [0.29, 0.717) is 53.7 Å². The summed E-state index contributed by atoms with van der Waals surface area (Å²) in [6.07, 6.45) is 1.92. The quantitative estimate of drug-likeness (QED) is 0.442. The smallest absolute Gasteiger partial charge is 0.409 e. The number of nitrogens with zero attached hydrogens (tertiary/aromatic N) is 4. The minimum atomic E-state index is -0.560. The molecule has 13 nitrogen and oxygen atoms in total. The van der Waals surface area contributed by atoms with Crippen molar-refractivity contribution in [2.24, 2.45) is 5.73 Å². The van der Waals surface area contributed by atoms with E-state index in [1.54, 1.807) is 24.1 Å². The van der Waals surface area contributed by atoms with E-state index >= 15 is 0 Å². The number of hydrogen-bond acceptors (Lipinski definition) is 11. The standard InChI is InChI=1S/C21H20FN5O5.C6H11NO2S/c1-10-12(19(23)28)5-27-17(10)20(24-9-25-27)26-13-3-2-11(22)4-14(13)32-15-6-31-21-8-30-16(21)7-29-18(15)21;1-9-6(8)7-2-4-10-5-3-7/h2-5,9,15-16,18H,6-8H2,1H3,(H2,23,28)(H,24,25,26);2-5H2,1H3/t15?,16?,18-,21-;/m1./s1. The maximum Gasteiger partial charge on any atom is 0.409 e. The third kappa shape index (κ3) is 5.10. The first-order valence-electron chi connectivity index (χ1n) is 13.4. The molecular formula is C27H31FN6O7S. The van der Waals surface area contributed by atoms with Gasteiger partial charge in [0.1, 0.15) is 41.2 Å². The number of methoxy groups -OCH3 is 1. The number of nitrogens with two attached hydrogens (primary N) is 1. The first-order chi connectivity index (χ1) is 20.3. The van der Waals surface area contributed by atoms with Crippen LogP contribution in [0.15, 0.2) is 30.7 Å². The number of hydrogen-bond donors (Lipinski definition) is 2. The minimum absolute atomic E-state index is 0.0858. The lowest BCUT2D eigenvalue weighted by Crippen LogP contribution is -2.61. The molecule has 1 aromatic carbocycles. The second-order valence-corrected chi connectivity index (χ2v) is 11.5. The van der Waals surface area contributed by atoms with Gasteiger partial charge in [-0.15, -0.1) is 0 Å². The molecule has 2 aromatic heterocycles. The van der Waals surface area contributed by atoms with Crippen LogP contribution in [0.3, 0.4) is 0 Å². The highest BCUT2D eigenvalue weighted by Crippen LogP contribution is 2.47. The highest BCUT2D eigenvalue weighted by molar-refractivity contribution is 7.99. The lowest BCUT2D eigenvalue weighted by atomic mass is 9.89. The first-order valence-corrected chi connectivity index (χ1v) is 14.6. The summed E-state index contributed by atoms with van der Waals surface area (Å²) in [7, 11) is 1.42. The number of benzene rings is 1. The number of fused-ring (bicyclic) bond motifs is 1. The van der Waals surface area contributed by atoms with E-state index in [9.17, 15) is 14.0 Å². The molecule has 4 fully saturated rings. The summed E-state index contributed by atoms with van der Waals surface area (Å²) in [5.74, 6) is 1.78. The Morgan fingerprint density at radius 2 is 2.05 bits per heavy atom. The summed E-state index contributed by atoms with van der Waals surface area (Å²) < 4.78 is 43.7. The van der Waals surface area contributed by atoms with Crippen LogP contribution in [-0.4, -0.2) is 107 Å². The lowest BCUT2D eigenvalue weighted by molar-refractivity contribution is -0.224. The van der Waals surface area contributed by atoms with Gasteiger partial charge in [-0.1, -0.05) is 0 Å². The monoisotopic (exact) mass is 602 g/mol. The Morgan fingerprint density at radius 1 is 1.24 bits per heavy atom. The molecule has 4 saturated heterocycles. The van der Waals surface area contributed by atoms with Crippen molar-refractivity contribution in [2.45, 2.75) is 30.8 Å². The van der Waals surface area contributed by atoms with Crippen LogP contribution >= 0.6 is 11.8 Å². The maximum absolute atomic E-state index is 14.1. The largest absolute Gasteiger partial charge is 0.483 e. The highest BCUT2D eigenvalue weighted by atomic mass is 32.2. The van der Waals surface area contributed by atoms with Gasteiger partial charge in [-0.05, 0) is 24.6 Å². The van der Waals surface area contributed by atoms with Crippen LogP contribution < -0.4 is 15.8 Å². The number of primary amides is 1. The van der Waals surface area contributed by atoms with Crippen LogP contribution in [0.25, 0.3) is 5.52 Å². The van der Waals surface area contributed by atoms with Crippen LogP contribution in [0.5, 0.6) is 5.75 Å². The normalized spacial score (nSPS) is 26.0. The number of carbonyl (C=O) groups excluding carboxylic acids is 2. The van der Waals surface area contributed by atoms with Crippen molar-refractivity contribution in [1.82, 2.24) is 19.5 Å². The molecule has 6 heterocycles. The summed E-state index contributed by atoms with van der Waals surface area (Å²) in [5, 5.41) is 7.33. The Morgan fingerprint density at radius 3 is 2.76 bits per heavy atom. The summed E-state index contributed by atoms with van der Waals surface area (Å²) in [6.45, 7) is 4.65. The molecule has 42 heavy (non-hydrogen) atoms. The van der Waals surface area contributed by atoms with Gasteiger partial charge in [0.25, 0.3) is 5.91 Å². The molecule has 224 valence electrons. The van der Waals surface area contributed by atoms with Crippen molar-refractivity contribution in [3.05, 3.63) is 47.7 Å². The number of aromatic nitrogens is 3. The van der Waals surface area contributed by atoms with Crippen LogP contribution in [0, 0.1) is 12.7 Å². The first kappa shape index (κ1) is 28.5. The Bertz CT molecular complexity index is 1500. The van der Waals surface area contributed by atoms with E-state index in [0.717, 1.165) is 24.6 Å². The number of ether oxygens (including phenoxy) is 5. The number of amides is 2. The number of rotatable bonds is 5. The summed E-state index contributed by atoms with van der Waals surface area (Å²) in [5.41, 5.74) is 7.04. The van der Waals surface area contributed by atoms with E-state index < -0.39 is 23.4 Å². The molecule has 15 heteroatoms. The summed E-state index contributed by atoms with van der Waals surface area (Å²) in [6, 6.07) is 4.18. The molecule has 7 rings (SSSR count). The molecule has 4 aliphatic heterocycles. The van der Waals surface area contributed by atoms with Crippen molar-refractivity contribution in [1.29, 1.82) is 0 Å². The average molecular weight is 603 g/mol. The van der Waals surface area contributed by atoms with Gasteiger partial charge in [0.15, 0.2) is 11.9 Å². The van der Waals surface area contributed by atoms with Crippen molar-refractivity contribution in [3.63, 3.8) is 0 Å². The van der Waals surface area contributed by atoms with E-state index in [-0.39, 0.29) is 18.3 Å². The Balaban J connectivity index is 0.000000269. The number of thioether (sulfide) groups is 1. The van der Waals surface area contributed by atoms with Gasteiger partial charge in [-0.2, -0.15) is 16.9 Å². The second-order valence-electron chi connectivity index (χ2n) is 10.2. The molecule has 2 unspecified atom stereocenters. The zero-order chi connectivity index (χ0) is 29.4. The fourth-order valence-corrected chi connectivity index (χ4v) is 6.48. The molecule has 4 atom stereocenters. The summed E-state index contributed by atoms with van der Waals surface area (Å²) in [4.78, 5) is 28.6. The molecule has 0 saturated carbocycles. The Labute approximate surface area is 244 Å². The molecule has 0 aliphatic carbocycles. The maximum atomic E-state index is 14.1. The van der Waals surface area contributed by atoms with Gasteiger partial charge in [0, 0.05) is 36.9 Å². The predicted octanol–water partition coefficient (Wildman–Crippen LogP) is 2.13. The van der Waals surface area contributed by atoms with Crippen LogP contribution in [-0.2, 0) is 18.9 Å². The second kappa shape index (κ2) is 11.6. The van der Waals surface area contributed by atoms with Crippen molar-refractivity contribution >= 4 is 40.8 Å². The third-order valence-electron chi connectivity index (χ3n) is 7.83. The molecule has 3 N–H and O–H groups in total. The fourth-order valence-electron chi connectivity index (χ4n) is 5.57. The molecular weight excluding hydrogens is 571 g/mol.